The van der Waals surface area contributed by atoms with E-state index in [1.165, 1.54) is 22.9 Å². The van der Waals surface area contributed by atoms with Crippen molar-refractivity contribution in [2.24, 2.45) is 11.7 Å². The van der Waals surface area contributed by atoms with E-state index in [4.69, 9.17) is 5.73 Å². The summed E-state index contributed by atoms with van der Waals surface area (Å²) in [6, 6.07) is 9.37. The maximum absolute atomic E-state index is 12.3. The fourth-order valence-corrected chi connectivity index (χ4v) is 3.01. The number of piperidine rings is 1. The minimum atomic E-state index is -0.535. The van der Waals surface area contributed by atoms with Crippen molar-refractivity contribution in [2.75, 3.05) is 23.3 Å². The van der Waals surface area contributed by atoms with Gasteiger partial charge < -0.3 is 16.0 Å². The average molecular weight is 369 g/mol. The van der Waals surface area contributed by atoms with E-state index in [1.54, 1.807) is 18.2 Å². The van der Waals surface area contributed by atoms with Gasteiger partial charge in [-0.05, 0) is 49.1 Å². The Morgan fingerprint density at radius 1 is 1.15 bits per heavy atom. The Morgan fingerprint density at radius 3 is 2.44 bits per heavy atom. The molecule has 2 aromatic rings. The normalized spacial score (nSPS) is 14.8. The standard InChI is InChI=1S/C19H23N5O3/c1-13-8-10-23(11-9-13)16-6-7-18(26)24(22-16)12-17(25)21-15-4-2-14(3-5-15)19(20)27/h2-7,13H,8-12H2,1H3,(H2,20,27)(H,21,25). The first-order valence-corrected chi connectivity index (χ1v) is 8.95. The molecule has 1 fully saturated rings. The van der Waals surface area contributed by atoms with Crippen molar-refractivity contribution in [2.45, 2.75) is 26.3 Å². The van der Waals surface area contributed by atoms with Crippen LogP contribution in [0.2, 0.25) is 0 Å². The summed E-state index contributed by atoms with van der Waals surface area (Å²) in [5.74, 6) is 0.493. The third-order valence-corrected chi connectivity index (χ3v) is 4.71. The molecule has 8 heteroatoms. The highest BCUT2D eigenvalue weighted by Gasteiger charge is 2.18. The lowest BCUT2D eigenvalue weighted by Gasteiger charge is -2.31. The summed E-state index contributed by atoms with van der Waals surface area (Å²) in [6.45, 7) is 3.83. The molecule has 1 saturated heterocycles. The third-order valence-electron chi connectivity index (χ3n) is 4.71. The molecular weight excluding hydrogens is 346 g/mol. The van der Waals surface area contributed by atoms with E-state index in [0.29, 0.717) is 23.0 Å². The molecule has 1 aromatic heterocycles. The molecule has 0 bridgehead atoms. The number of hydrogen-bond donors (Lipinski definition) is 2. The molecule has 0 atom stereocenters. The van der Waals surface area contributed by atoms with Crippen LogP contribution in [0.1, 0.15) is 30.1 Å². The largest absolute Gasteiger partial charge is 0.366 e. The molecule has 8 nitrogen and oxygen atoms in total. The van der Waals surface area contributed by atoms with Crippen molar-refractivity contribution >= 4 is 23.3 Å². The van der Waals surface area contributed by atoms with E-state index in [9.17, 15) is 14.4 Å². The van der Waals surface area contributed by atoms with E-state index in [0.717, 1.165) is 25.9 Å². The van der Waals surface area contributed by atoms with Crippen molar-refractivity contribution < 1.29 is 9.59 Å². The quantitative estimate of drug-likeness (QED) is 0.823. The van der Waals surface area contributed by atoms with Gasteiger partial charge >= 0.3 is 0 Å². The molecule has 1 aromatic carbocycles. The predicted octanol–water partition coefficient (Wildman–Crippen LogP) is 1.22. The van der Waals surface area contributed by atoms with Crippen LogP contribution in [-0.4, -0.2) is 34.7 Å². The molecule has 2 heterocycles. The zero-order valence-electron chi connectivity index (χ0n) is 15.2. The van der Waals surface area contributed by atoms with Crippen LogP contribution in [0.3, 0.4) is 0 Å². The van der Waals surface area contributed by atoms with E-state index < -0.39 is 5.91 Å². The maximum Gasteiger partial charge on any atom is 0.267 e. The highest BCUT2D eigenvalue weighted by Crippen LogP contribution is 2.20. The summed E-state index contributed by atoms with van der Waals surface area (Å²) in [5.41, 5.74) is 5.73. The molecule has 3 rings (SSSR count). The molecule has 142 valence electrons. The number of benzene rings is 1. The van der Waals surface area contributed by atoms with Gasteiger partial charge in [-0.25, -0.2) is 4.68 Å². The first kappa shape index (κ1) is 18.6. The number of primary amides is 1. The number of rotatable bonds is 5. The van der Waals surface area contributed by atoms with Gasteiger partial charge in [-0.2, -0.15) is 5.10 Å². The van der Waals surface area contributed by atoms with Crippen LogP contribution in [0.25, 0.3) is 0 Å². The fourth-order valence-electron chi connectivity index (χ4n) is 3.01. The molecule has 3 N–H and O–H groups in total. The van der Waals surface area contributed by atoms with Crippen molar-refractivity contribution in [3.05, 3.63) is 52.3 Å². The second-order valence-corrected chi connectivity index (χ2v) is 6.85. The fraction of sp³-hybridized carbons (Fsp3) is 0.368. The van der Waals surface area contributed by atoms with Crippen LogP contribution in [0, 0.1) is 5.92 Å². The lowest BCUT2D eigenvalue weighted by molar-refractivity contribution is -0.117. The molecule has 1 aliphatic heterocycles. The SMILES string of the molecule is CC1CCN(c2ccc(=O)n(CC(=O)Nc3ccc(C(N)=O)cc3)n2)CC1. The number of anilines is 2. The second kappa shape index (κ2) is 8.03. The van der Waals surface area contributed by atoms with Gasteiger partial charge in [0.05, 0.1) is 0 Å². The molecule has 1 aliphatic rings. The summed E-state index contributed by atoms with van der Waals surface area (Å²) in [5, 5.41) is 7.03. The first-order chi connectivity index (χ1) is 12.9. The van der Waals surface area contributed by atoms with Crippen molar-refractivity contribution in [1.82, 2.24) is 9.78 Å². The zero-order chi connectivity index (χ0) is 19.4. The van der Waals surface area contributed by atoms with E-state index in [-0.39, 0.29) is 18.0 Å². The van der Waals surface area contributed by atoms with E-state index >= 15 is 0 Å². The Bertz CT molecular complexity index is 883. The molecule has 0 aliphatic carbocycles. The smallest absolute Gasteiger partial charge is 0.267 e. The lowest BCUT2D eigenvalue weighted by atomic mass is 9.99. The Hall–Kier alpha value is -3.16. The van der Waals surface area contributed by atoms with Gasteiger partial charge in [0.25, 0.3) is 5.56 Å². The summed E-state index contributed by atoms with van der Waals surface area (Å²) < 4.78 is 1.17. The van der Waals surface area contributed by atoms with Crippen LogP contribution in [0.15, 0.2) is 41.2 Å². The van der Waals surface area contributed by atoms with Gasteiger partial charge in [0.1, 0.15) is 12.4 Å². The van der Waals surface area contributed by atoms with Crippen LogP contribution < -0.4 is 21.5 Å². The molecule has 0 spiro atoms. The van der Waals surface area contributed by atoms with Crippen molar-refractivity contribution in [3.63, 3.8) is 0 Å². The minimum absolute atomic E-state index is 0.186. The van der Waals surface area contributed by atoms with Gasteiger partial charge in [-0.15, -0.1) is 0 Å². The Morgan fingerprint density at radius 2 is 1.81 bits per heavy atom. The van der Waals surface area contributed by atoms with Crippen molar-refractivity contribution in [1.29, 1.82) is 0 Å². The lowest BCUT2D eigenvalue weighted by Crippen LogP contribution is -2.36. The molecule has 2 amide bonds. The van der Waals surface area contributed by atoms with Gasteiger partial charge in [0, 0.05) is 30.4 Å². The predicted molar refractivity (Wildman–Crippen MR) is 103 cm³/mol. The summed E-state index contributed by atoms with van der Waals surface area (Å²) in [7, 11) is 0. The number of nitrogens with two attached hydrogens (primary N) is 1. The van der Waals surface area contributed by atoms with Gasteiger partial charge in [0.15, 0.2) is 0 Å². The van der Waals surface area contributed by atoms with Crippen LogP contribution in [0.5, 0.6) is 0 Å². The van der Waals surface area contributed by atoms with Gasteiger partial charge in [-0.1, -0.05) is 6.92 Å². The third kappa shape index (κ3) is 4.72. The highest BCUT2D eigenvalue weighted by molar-refractivity contribution is 5.94. The van der Waals surface area contributed by atoms with Gasteiger partial charge in [0.2, 0.25) is 11.8 Å². The highest BCUT2D eigenvalue weighted by atomic mass is 16.2. The molecule has 0 radical (unpaired) electrons. The number of carbonyl (C=O) groups is 2. The number of amides is 2. The van der Waals surface area contributed by atoms with Crippen LogP contribution >= 0.6 is 0 Å². The summed E-state index contributed by atoms with van der Waals surface area (Å²) >= 11 is 0. The molecule has 0 unspecified atom stereocenters. The van der Waals surface area contributed by atoms with Crippen molar-refractivity contribution in [3.8, 4) is 0 Å². The zero-order valence-corrected chi connectivity index (χ0v) is 15.2. The Balaban J connectivity index is 1.67. The van der Waals surface area contributed by atoms with Crippen LogP contribution in [0.4, 0.5) is 11.5 Å². The maximum atomic E-state index is 12.3. The number of carbonyl (C=O) groups excluding carboxylic acids is 2. The molecule has 0 saturated carbocycles. The average Bonchev–Trinajstić information content (AvgIpc) is 2.64. The molecular formula is C19H23N5O3. The van der Waals surface area contributed by atoms with E-state index in [2.05, 4.69) is 22.2 Å². The van der Waals surface area contributed by atoms with Crippen LogP contribution in [-0.2, 0) is 11.3 Å². The Kier molecular flexibility index (Phi) is 5.54. The number of hydrogen-bond acceptors (Lipinski definition) is 5. The first-order valence-electron chi connectivity index (χ1n) is 8.95. The van der Waals surface area contributed by atoms with E-state index in [1.807, 2.05) is 0 Å². The molecule has 27 heavy (non-hydrogen) atoms. The van der Waals surface area contributed by atoms with Gasteiger partial charge in [-0.3, -0.25) is 14.4 Å². The summed E-state index contributed by atoms with van der Waals surface area (Å²) in [6.07, 6.45) is 2.17. The number of aromatic nitrogens is 2. The monoisotopic (exact) mass is 369 g/mol. The second-order valence-electron chi connectivity index (χ2n) is 6.85. The number of nitrogens with one attached hydrogen (secondary N) is 1. The topological polar surface area (TPSA) is 110 Å². The minimum Gasteiger partial charge on any atom is -0.366 e. The number of nitrogens with zero attached hydrogens (tertiary/aromatic N) is 3. The Labute approximate surface area is 157 Å². The summed E-state index contributed by atoms with van der Waals surface area (Å²) in [4.78, 5) is 37.5.